The number of hydrogen-bond acceptors (Lipinski definition) is 6. The summed E-state index contributed by atoms with van der Waals surface area (Å²) in [6, 6.07) is 10.5. The number of anilines is 1. The van der Waals surface area contributed by atoms with Gasteiger partial charge in [-0.2, -0.15) is 5.10 Å². The first-order valence-corrected chi connectivity index (χ1v) is 12.5. The number of amides is 1. The Bertz CT molecular complexity index is 1360. The molecule has 0 unspecified atom stereocenters. The van der Waals surface area contributed by atoms with Crippen LogP contribution in [0.4, 0.5) is 5.82 Å². The van der Waals surface area contributed by atoms with Gasteiger partial charge in [0.05, 0.1) is 22.3 Å². The Hall–Kier alpha value is -3.44. The number of carbonyl (C=O) groups is 1. The highest BCUT2D eigenvalue weighted by Gasteiger charge is 2.28. The summed E-state index contributed by atoms with van der Waals surface area (Å²) in [6.07, 6.45) is 3.56. The first kappa shape index (κ1) is 22.7. The SMILES string of the molecule is Cc1ccc(S(=O)(=O)N(C)c2c(C(=O)NCCc3[nH]cnc3-c3cccs3)cnn2C)cc1. The van der Waals surface area contributed by atoms with Crippen molar-refractivity contribution < 1.29 is 13.2 Å². The minimum atomic E-state index is -3.86. The van der Waals surface area contributed by atoms with Crippen LogP contribution in [-0.4, -0.2) is 47.7 Å². The van der Waals surface area contributed by atoms with Gasteiger partial charge in [-0.3, -0.25) is 13.8 Å². The van der Waals surface area contributed by atoms with Crippen LogP contribution < -0.4 is 9.62 Å². The molecule has 0 fully saturated rings. The molecular formula is C22H24N6O3S2. The second kappa shape index (κ2) is 9.20. The van der Waals surface area contributed by atoms with E-state index in [0.717, 1.165) is 26.1 Å². The maximum atomic E-state index is 13.1. The van der Waals surface area contributed by atoms with Crippen LogP contribution in [-0.2, 0) is 23.5 Å². The quantitative estimate of drug-likeness (QED) is 0.399. The molecule has 172 valence electrons. The molecule has 0 atom stereocenters. The number of nitrogens with zero attached hydrogens (tertiary/aromatic N) is 4. The molecule has 3 aromatic heterocycles. The summed E-state index contributed by atoms with van der Waals surface area (Å²) in [5, 5.41) is 8.97. The van der Waals surface area contributed by atoms with Gasteiger partial charge in [0, 0.05) is 32.8 Å². The molecule has 9 nitrogen and oxygen atoms in total. The lowest BCUT2D eigenvalue weighted by Crippen LogP contribution is -2.32. The Morgan fingerprint density at radius 3 is 2.70 bits per heavy atom. The fourth-order valence-corrected chi connectivity index (χ4v) is 5.47. The Morgan fingerprint density at radius 2 is 2.00 bits per heavy atom. The molecule has 1 amide bonds. The monoisotopic (exact) mass is 484 g/mol. The predicted octanol–water partition coefficient (Wildman–Crippen LogP) is 2.98. The van der Waals surface area contributed by atoms with E-state index in [9.17, 15) is 13.2 Å². The maximum absolute atomic E-state index is 13.1. The largest absolute Gasteiger partial charge is 0.351 e. The summed E-state index contributed by atoms with van der Waals surface area (Å²) in [5.41, 5.74) is 2.92. The van der Waals surface area contributed by atoms with E-state index in [1.54, 1.807) is 49.0 Å². The van der Waals surface area contributed by atoms with Crippen LogP contribution in [0.1, 0.15) is 21.6 Å². The zero-order chi connectivity index (χ0) is 23.6. The number of nitrogens with one attached hydrogen (secondary N) is 2. The number of imidazole rings is 1. The fourth-order valence-electron chi connectivity index (χ4n) is 3.48. The molecule has 4 rings (SSSR count). The van der Waals surface area contributed by atoms with Crippen molar-refractivity contribution >= 4 is 33.1 Å². The smallest absolute Gasteiger partial charge is 0.265 e. The second-order valence-electron chi connectivity index (χ2n) is 7.50. The van der Waals surface area contributed by atoms with Crippen molar-refractivity contribution in [1.82, 2.24) is 25.1 Å². The number of aryl methyl sites for hydroxylation is 2. The summed E-state index contributed by atoms with van der Waals surface area (Å²) in [5.74, 6) is -0.213. The van der Waals surface area contributed by atoms with Crippen molar-refractivity contribution in [3.63, 3.8) is 0 Å². The van der Waals surface area contributed by atoms with Gasteiger partial charge in [0.15, 0.2) is 5.82 Å². The van der Waals surface area contributed by atoms with E-state index in [2.05, 4.69) is 20.4 Å². The van der Waals surface area contributed by atoms with Crippen molar-refractivity contribution in [2.75, 3.05) is 17.9 Å². The summed E-state index contributed by atoms with van der Waals surface area (Å²) in [4.78, 5) is 21.6. The molecule has 0 spiro atoms. The number of aromatic amines is 1. The summed E-state index contributed by atoms with van der Waals surface area (Å²) < 4.78 is 28.7. The molecule has 3 heterocycles. The molecular weight excluding hydrogens is 460 g/mol. The van der Waals surface area contributed by atoms with E-state index in [4.69, 9.17) is 0 Å². The third kappa shape index (κ3) is 4.55. The number of carbonyl (C=O) groups excluding carboxylic acids is 1. The standard InChI is InChI=1S/C22H24N6O3S2/c1-15-6-8-16(9-7-15)33(30,31)28(3)22-17(13-26-27(22)2)21(29)23-11-10-18-20(25-14-24-18)19-5-4-12-32-19/h4-9,12-14H,10-11H2,1-3H3,(H,23,29)(H,24,25). The van der Waals surface area contributed by atoms with Crippen LogP contribution in [0.2, 0.25) is 0 Å². The van der Waals surface area contributed by atoms with Gasteiger partial charge in [-0.15, -0.1) is 11.3 Å². The van der Waals surface area contributed by atoms with Gasteiger partial charge in [0.25, 0.3) is 15.9 Å². The number of hydrogen-bond donors (Lipinski definition) is 2. The van der Waals surface area contributed by atoms with E-state index in [-0.39, 0.29) is 16.3 Å². The fraction of sp³-hybridized carbons (Fsp3) is 0.227. The van der Waals surface area contributed by atoms with E-state index >= 15 is 0 Å². The summed E-state index contributed by atoms with van der Waals surface area (Å²) in [7, 11) is -0.844. The molecule has 0 aliphatic rings. The third-order valence-corrected chi connectivity index (χ3v) is 7.90. The minimum absolute atomic E-state index is 0.142. The lowest BCUT2D eigenvalue weighted by molar-refractivity contribution is 0.0954. The zero-order valence-corrected chi connectivity index (χ0v) is 20.1. The van der Waals surface area contributed by atoms with Crippen molar-refractivity contribution in [3.8, 4) is 10.6 Å². The predicted molar refractivity (Wildman–Crippen MR) is 128 cm³/mol. The molecule has 0 aliphatic carbocycles. The van der Waals surface area contributed by atoms with Gasteiger partial charge in [0.2, 0.25) is 0 Å². The molecule has 33 heavy (non-hydrogen) atoms. The molecule has 0 saturated carbocycles. The van der Waals surface area contributed by atoms with E-state index < -0.39 is 15.9 Å². The average molecular weight is 485 g/mol. The molecule has 0 radical (unpaired) electrons. The Balaban J connectivity index is 1.49. The van der Waals surface area contributed by atoms with Crippen LogP contribution in [0.15, 0.2) is 59.2 Å². The molecule has 0 bridgehead atoms. The highest BCUT2D eigenvalue weighted by molar-refractivity contribution is 7.92. The van der Waals surface area contributed by atoms with E-state index in [1.165, 1.54) is 17.9 Å². The Morgan fingerprint density at radius 1 is 1.24 bits per heavy atom. The molecule has 0 aliphatic heterocycles. The molecule has 4 aromatic rings. The van der Waals surface area contributed by atoms with Gasteiger partial charge < -0.3 is 10.3 Å². The number of thiophene rings is 1. The number of benzene rings is 1. The molecule has 1 aromatic carbocycles. The van der Waals surface area contributed by atoms with Crippen molar-refractivity contribution in [3.05, 3.63) is 71.1 Å². The first-order valence-electron chi connectivity index (χ1n) is 10.2. The lowest BCUT2D eigenvalue weighted by atomic mass is 10.2. The summed E-state index contributed by atoms with van der Waals surface area (Å²) >= 11 is 1.60. The molecule has 11 heteroatoms. The zero-order valence-electron chi connectivity index (χ0n) is 18.4. The van der Waals surface area contributed by atoms with Crippen molar-refractivity contribution in [2.24, 2.45) is 7.05 Å². The van der Waals surface area contributed by atoms with Crippen molar-refractivity contribution in [2.45, 2.75) is 18.2 Å². The van der Waals surface area contributed by atoms with Gasteiger partial charge in [-0.05, 0) is 30.5 Å². The number of aromatic nitrogens is 4. The van der Waals surface area contributed by atoms with E-state index in [1.807, 2.05) is 24.4 Å². The molecule has 2 N–H and O–H groups in total. The minimum Gasteiger partial charge on any atom is -0.351 e. The van der Waals surface area contributed by atoms with Crippen LogP contribution in [0.5, 0.6) is 0 Å². The van der Waals surface area contributed by atoms with Gasteiger partial charge >= 0.3 is 0 Å². The normalized spacial score (nSPS) is 11.5. The number of rotatable bonds is 8. The first-order chi connectivity index (χ1) is 15.8. The van der Waals surface area contributed by atoms with Crippen LogP contribution in [0.25, 0.3) is 10.6 Å². The van der Waals surface area contributed by atoms with E-state index in [0.29, 0.717) is 13.0 Å². The topological polar surface area (TPSA) is 113 Å². The van der Waals surface area contributed by atoms with Gasteiger partial charge in [0.1, 0.15) is 11.3 Å². The van der Waals surface area contributed by atoms with Gasteiger partial charge in [-0.1, -0.05) is 23.8 Å². The molecule has 0 saturated heterocycles. The van der Waals surface area contributed by atoms with Gasteiger partial charge in [-0.25, -0.2) is 13.4 Å². The van der Waals surface area contributed by atoms with Crippen LogP contribution >= 0.6 is 11.3 Å². The van der Waals surface area contributed by atoms with Crippen LogP contribution in [0.3, 0.4) is 0 Å². The highest BCUT2D eigenvalue weighted by Crippen LogP contribution is 2.27. The Kier molecular flexibility index (Phi) is 6.34. The average Bonchev–Trinajstić information content (AvgIpc) is 3.54. The van der Waals surface area contributed by atoms with Crippen molar-refractivity contribution in [1.29, 1.82) is 0 Å². The van der Waals surface area contributed by atoms with Crippen LogP contribution in [0, 0.1) is 6.92 Å². The number of sulfonamides is 1. The number of H-pyrrole nitrogens is 1. The summed E-state index contributed by atoms with van der Waals surface area (Å²) in [6.45, 7) is 2.23. The Labute approximate surface area is 196 Å². The highest BCUT2D eigenvalue weighted by atomic mass is 32.2. The maximum Gasteiger partial charge on any atom is 0.265 e. The lowest BCUT2D eigenvalue weighted by Gasteiger charge is -2.21. The third-order valence-electron chi connectivity index (χ3n) is 5.26. The second-order valence-corrected chi connectivity index (χ2v) is 10.4.